The van der Waals surface area contributed by atoms with Gasteiger partial charge in [-0.2, -0.15) is 0 Å². The molecule has 0 aliphatic rings. The Morgan fingerprint density at radius 3 is 2.58 bits per heavy atom. The van der Waals surface area contributed by atoms with Crippen molar-refractivity contribution in [2.45, 2.75) is 32.6 Å². The highest BCUT2D eigenvalue weighted by Crippen LogP contribution is 2.11. The Kier molecular flexibility index (Phi) is 7.72. The molecular formula is C15H21BrFNO. The van der Waals surface area contributed by atoms with E-state index in [2.05, 4.69) is 28.2 Å². The molecule has 1 amide bonds. The first-order valence-corrected chi connectivity index (χ1v) is 7.85. The van der Waals surface area contributed by atoms with E-state index in [9.17, 15) is 9.18 Å². The second-order valence-electron chi connectivity index (χ2n) is 4.74. The molecular weight excluding hydrogens is 309 g/mol. The smallest absolute Gasteiger partial charge is 0.224 e. The largest absolute Gasteiger partial charge is 0.356 e. The van der Waals surface area contributed by atoms with Crippen LogP contribution >= 0.6 is 15.9 Å². The highest BCUT2D eigenvalue weighted by atomic mass is 79.9. The number of rotatable bonds is 8. The molecule has 2 nitrogen and oxygen atoms in total. The van der Waals surface area contributed by atoms with Crippen molar-refractivity contribution in [2.75, 3.05) is 11.9 Å². The molecule has 1 N–H and O–H groups in total. The predicted octanol–water partition coefficient (Wildman–Crippen LogP) is 3.69. The molecule has 0 aliphatic heterocycles. The van der Waals surface area contributed by atoms with Crippen molar-refractivity contribution in [3.8, 4) is 0 Å². The van der Waals surface area contributed by atoms with Gasteiger partial charge in [0.05, 0.1) is 6.42 Å². The van der Waals surface area contributed by atoms with Crippen LogP contribution in [-0.4, -0.2) is 17.8 Å². The van der Waals surface area contributed by atoms with E-state index in [1.165, 1.54) is 12.1 Å². The van der Waals surface area contributed by atoms with Crippen molar-refractivity contribution < 1.29 is 9.18 Å². The molecule has 0 bridgehead atoms. The first kappa shape index (κ1) is 16.2. The van der Waals surface area contributed by atoms with E-state index >= 15 is 0 Å². The van der Waals surface area contributed by atoms with Crippen molar-refractivity contribution in [3.63, 3.8) is 0 Å². The van der Waals surface area contributed by atoms with Crippen LogP contribution < -0.4 is 5.32 Å². The summed E-state index contributed by atoms with van der Waals surface area (Å²) in [6.07, 6.45) is 3.64. The van der Waals surface area contributed by atoms with Gasteiger partial charge in [-0.1, -0.05) is 41.4 Å². The Hall–Kier alpha value is -0.900. The zero-order chi connectivity index (χ0) is 14.1. The lowest BCUT2D eigenvalue weighted by molar-refractivity contribution is -0.120. The number of carbonyl (C=O) groups excluding carboxylic acids is 1. The second-order valence-corrected chi connectivity index (χ2v) is 5.53. The third kappa shape index (κ3) is 6.71. The SMILES string of the molecule is CCCC(CCBr)CNC(=O)Cc1ccc(F)cc1. The fraction of sp³-hybridized carbons (Fsp3) is 0.533. The van der Waals surface area contributed by atoms with Crippen LogP contribution in [0, 0.1) is 11.7 Å². The molecule has 1 rings (SSSR count). The maximum atomic E-state index is 12.7. The number of hydrogen-bond acceptors (Lipinski definition) is 1. The number of carbonyl (C=O) groups is 1. The molecule has 0 aliphatic carbocycles. The minimum absolute atomic E-state index is 0.00211. The fourth-order valence-electron chi connectivity index (χ4n) is 2.02. The highest BCUT2D eigenvalue weighted by Gasteiger charge is 2.09. The van der Waals surface area contributed by atoms with E-state index in [4.69, 9.17) is 0 Å². The Balaban J connectivity index is 2.35. The van der Waals surface area contributed by atoms with Gasteiger partial charge in [0.2, 0.25) is 5.91 Å². The summed E-state index contributed by atoms with van der Waals surface area (Å²) in [6, 6.07) is 6.06. The quantitative estimate of drug-likeness (QED) is 0.724. The molecule has 106 valence electrons. The van der Waals surface area contributed by atoms with Gasteiger partial charge in [0, 0.05) is 11.9 Å². The number of halogens is 2. The maximum absolute atomic E-state index is 12.7. The predicted molar refractivity (Wildman–Crippen MR) is 79.9 cm³/mol. The van der Waals surface area contributed by atoms with E-state index < -0.39 is 0 Å². The van der Waals surface area contributed by atoms with E-state index in [-0.39, 0.29) is 11.7 Å². The second kappa shape index (κ2) is 9.08. The number of alkyl halides is 1. The molecule has 4 heteroatoms. The molecule has 1 atom stereocenters. The van der Waals surface area contributed by atoms with Crippen LogP contribution in [0.5, 0.6) is 0 Å². The van der Waals surface area contributed by atoms with Gasteiger partial charge in [0.15, 0.2) is 0 Å². The average Bonchev–Trinajstić information content (AvgIpc) is 2.39. The van der Waals surface area contributed by atoms with E-state index in [1.54, 1.807) is 12.1 Å². The maximum Gasteiger partial charge on any atom is 0.224 e. The fourth-order valence-corrected chi connectivity index (χ4v) is 2.67. The first-order valence-electron chi connectivity index (χ1n) is 6.72. The van der Waals surface area contributed by atoms with Crippen LogP contribution in [-0.2, 0) is 11.2 Å². The van der Waals surface area contributed by atoms with Crippen LogP contribution in [0.15, 0.2) is 24.3 Å². The van der Waals surface area contributed by atoms with Crippen molar-refractivity contribution in [2.24, 2.45) is 5.92 Å². The van der Waals surface area contributed by atoms with Gasteiger partial charge in [0.1, 0.15) is 5.82 Å². The summed E-state index contributed by atoms with van der Waals surface area (Å²) in [5.74, 6) is 0.258. The zero-order valence-corrected chi connectivity index (χ0v) is 12.9. The van der Waals surface area contributed by atoms with E-state index in [1.807, 2.05) is 0 Å². The average molecular weight is 330 g/mol. The third-order valence-electron chi connectivity index (χ3n) is 3.08. The van der Waals surface area contributed by atoms with Crippen molar-refractivity contribution in [3.05, 3.63) is 35.6 Å². The third-order valence-corrected chi connectivity index (χ3v) is 3.54. The highest BCUT2D eigenvalue weighted by molar-refractivity contribution is 9.09. The minimum Gasteiger partial charge on any atom is -0.356 e. The van der Waals surface area contributed by atoms with Crippen LogP contribution in [0.3, 0.4) is 0 Å². The molecule has 0 spiro atoms. The summed E-state index contributed by atoms with van der Waals surface area (Å²) < 4.78 is 12.7. The molecule has 0 saturated carbocycles. The van der Waals surface area contributed by atoms with E-state index in [0.717, 1.165) is 36.7 Å². The lowest BCUT2D eigenvalue weighted by atomic mass is 10.0. The Morgan fingerprint density at radius 1 is 1.32 bits per heavy atom. The summed E-state index contributed by atoms with van der Waals surface area (Å²) >= 11 is 3.44. The Labute approximate surface area is 122 Å². The molecule has 1 aromatic carbocycles. The molecule has 0 saturated heterocycles. The lowest BCUT2D eigenvalue weighted by Crippen LogP contribution is -2.30. The zero-order valence-electron chi connectivity index (χ0n) is 11.3. The van der Waals surface area contributed by atoms with E-state index in [0.29, 0.717) is 12.3 Å². The van der Waals surface area contributed by atoms with Gasteiger partial charge in [-0.05, 0) is 36.5 Å². The molecule has 19 heavy (non-hydrogen) atoms. The van der Waals surface area contributed by atoms with Gasteiger partial charge in [-0.25, -0.2) is 4.39 Å². The van der Waals surface area contributed by atoms with Crippen molar-refractivity contribution in [1.29, 1.82) is 0 Å². The van der Waals surface area contributed by atoms with Crippen LogP contribution in [0.2, 0.25) is 0 Å². The van der Waals surface area contributed by atoms with Gasteiger partial charge in [0.25, 0.3) is 0 Å². The summed E-state index contributed by atoms with van der Waals surface area (Å²) in [6.45, 7) is 2.88. The molecule has 1 unspecified atom stereocenters. The number of nitrogens with one attached hydrogen (secondary N) is 1. The van der Waals surface area contributed by atoms with Crippen molar-refractivity contribution >= 4 is 21.8 Å². The molecule has 1 aromatic rings. The molecule has 0 fully saturated rings. The van der Waals surface area contributed by atoms with Gasteiger partial charge >= 0.3 is 0 Å². The van der Waals surface area contributed by atoms with Crippen molar-refractivity contribution in [1.82, 2.24) is 5.32 Å². The summed E-state index contributed by atoms with van der Waals surface area (Å²) in [5, 5.41) is 3.93. The number of benzene rings is 1. The molecule has 0 heterocycles. The summed E-state index contributed by atoms with van der Waals surface area (Å²) in [4.78, 5) is 11.8. The summed E-state index contributed by atoms with van der Waals surface area (Å²) in [7, 11) is 0. The topological polar surface area (TPSA) is 29.1 Å². The lowest BCUT2D eigenvalue weighted by Gasteiger charge is -2.15. The Morgan fingerprint density at radius 2 is 2.00 bits per heavy atom. The van der Waals surface area contributed by atoms with Gasteiger partial charge in [-0.3, -0.25) is 4.79 Å². The van der Waals surface area contributed by atoms with Gasteiger partial charge < -0.3 is 5.32 Å². The van der Waals surface area contributed by atoms with Crippen LogP contribution in [0.4, 0.5) is 4.39 Å². The van der Waals surface area contributed by atoms with Crippen LogP contribution in [0.25, 0.3) is 0 Å². The molecule has 0 aromatic heterocycles. The minimum atomic E-state index is -0.274. The number of hydrogen-bond donors (Lipinski definition) is 1. The van der Waals surface area contributed by atoms with Crippen LogP contribution in [0.1, 0.15) is 31.7 Å². The first-order chi connectivity index (χ1) is 9.15. The number of amides is 1. The standard InChI is InChI=1S/C15H21BrFNO/c1-2-3-13(8-9-16)11-18-15(19)10-12-4-6-14(17)7-5-12/h4-7,13H,2-3,8-11H2,1H3,(H,18,19). The molecule has 0 radical (unpaired) electrons. The normalized spacial score (nSPS) is 12.2. The Bertz CT molecular complexity index is 374. The van der Waals surface area contributed by atoms with Gasteiger partial charge in [-0.15, -0.1) is 0 Å². The monoisotopic (exact) mass is 329 g/mol. The summed E-state index contributed by atoms with van der Waals surface area (Å²) in [5.41, 5.74) is 0.839.